The topological polar surface area (TPSA) is 20.3 Å². The van der Waals surface area contributed by atoms with Gasteiger partial charge in [-0.3, -0.25) is 4.79 Å². The summed E-state index contributed by atoms with van der Waals surface area (Å²) < 4.78 is 0. The van der Waals surface area contributed by atoms with E-state index >= 15 is 0 Å². The first-order chi connectivity index (χ1) is 9.66. The summed E-state index contributed by atoms with van der Waals surface area (Å²) in [6.45, 7) is 1.70. The SMILES string of the molecule is CN(CCCC(=O)c1cccs1)Cc1ccccc1Cl. The van der Waals surface area contributed by atoms with Gasteiger partial charge in [0.15, 0.2) is 5.78 Å². The van der Waals surface area contributed by atoms with Gasteiger partial charge in [0.1, 0.15) is 0 Å². The van der Waals surface area contributed by atoms with Crippen LogP contribution in [0.3, 0.4) is 0 Å². The Morgan fingerprint density at radius 2 is 2.05 bits per heavy atom. The van der Waals surface area contributed by atoms with Crippen molar-refractivity contribution >= 4 is 28.7 Å². The van der Waals surface area contributed by atoms with Crippen LogP contribution >= 0.6 is 22.9 Å². The molecule has 2 nitrogen and oxygen atoms in total. The average molecular weight is 308 g/mol. The highest BCUT2D eigenvalue weighted by molar-refractivity contribution is 7.12. The number of hydrogen-bond donors (Lipinski definition) is 0. The quantitative estimate of drug-likeness (QED) is 0.702. The number of hydrogen-bond acceptors (Lipinski definition) is 3. The van der Waals surface area contributed by atoms with Crippen LogP contribution in [0.25, 0.3) is 0 Å². The van der Waals surface area contributed by atoms with E-state index in [0.717, 1.165) is 35.0 Å². The predicted molar refractivity (Wildman–Crippen MR) is 85.7 cm³/mol. The zero-order valence-corrected chi connectivity index (χ0v) is 13.1. The summed E-state index contributed by atoms with van der Waals surface area (Å²) in [6, 6.07) is 11.7. The van der Waals surface area contributed by atoms with Crippen molar-refractivity contribution in [2.45, 2.75) is 19.4 Å². The van der Waals surface area contributed by atoms with Crippen molar-refractivity contribution in [2.75, 3.05) is 13.6 Å². The van der Waals surface area contributed by atoms with Gasteiger partial charge in [0.2, 0.25) is 0 Å². The average Bonchev–Trinajstić information content (AvgIpc) is 2.95. The third-order valence-electron chi connectivity index (χ3n) is 3.14. The molecular formula is C16H18ClNOS. The Bertz CT molecular complexity index is 553. The molecule has 0 fully saturated rings. The Morgan fingerprint density at radius 1 is 1.25 bits per heavy atom. The molecule has 0 amide bonds. The van der Waals surface area contributed by atoms with Crippen LogP contribution in [0.5, 0.6) is 0 Å². The van der Waals surface area contributed by atoms with E-state index in [0.29, 0.717) is 6.42 Å². The lowest BCUT2D eigenvalue weighted by Crippen LogP contribution is -2.20. The molecule has 1 aromatic heterocycles. The van der Waals surface area contributed by atoms with Crippen LogP contribution in [0, 0.1) is 0 Å². The lowest BCUT2D eigenvalue weighted by atomic mass is 10.1. The van der Waals surface area contributed by atoms with Crippen molar-refractivity contribution in [3.63, 3.8) is 0 Å². The van der Waals surface area contributed by atoms with Crippen molar-refractivity contribution in [2.24, 2.45) is 0 Å². The minimum atomic E-state index is 0.242. The molecule has 0 spiro atoms. The maximum atomic E-state index is 11.9. The Hall–Kier alpha value is -1.16. The molecule has 4 heteroatoms. The molecule has 2 aromatic rings. The van der Waals surface area contributed by atoms with Crippen molar-refractivity contribution < 1.29 is 4.79 Å². The number of halogens is 1. The molecule has 0 aliphatic rings. The molecule has 0 saturated heterocycles. The number of carbonyl (C=O) groups excluding carboxylic acids is 1. The fourth-order valence-electron chi connectivity index (χ4n) is 2.07. The minimum Gasteiger partial charge on any atom is -0.302 e. The molecule has 0 saturated carbocycles. The van der Waals surface area contributed by atoms with Gasteiger partial charge in [-0.05, 0) is 43.1 Å². The molecule has 1 aromatic carbocycles. The summed E-state index contributed by atoms with van der Waals surface area (Å²) in [6.07, 6.45) is 1.48. The lowest BCUT2D eigenvalue weighted by Gasteiger charge is -2.17. The van der Waals surface area contributed by atoms with Crippen LogP contribution in [-0.4, -0.2) is 24.3 Å². The minimum absolute atomic E-state index is 0.242. The number of thiophene rings is 1. The monoisotopic (exact) mass is 307 g/mol. The van der Waals surface area contributed by atoms with E-state index in [2.05, 4.69) is 11.9 Å². The van der Waals surface area contributed by atoms with Gasteiger partial charge < -0.3 is 4.90 Å². The summed E-state index contributed by atoms with van der Waals surface area (Å²) in [7, 11) is 2.05. The Labute approximate surface area is 129 Å². The molecule has 106 valence electrons. The van der Waals surface area contributed by atoms with Crippen LogP contribution in [0.4, 0.5) is 0 Å². The van der Waals surface area contributed by atoms with E-state index in [1.54, 1.807) is 0 Å². The summed E-state index contributed by atoms with van der Waals surface area (Å²) >= 11 is 7.65. The number of nitrogens with zero attached hydrogens (tertiary/aromatic N) is 1. The summed E-state index contributed by atoms with van der Waals surface area (Å²) in [4.78, 5) is 14.9. The van der Waals surface area contributed by atoms with Gasteiger partial charge in [0.25, 0.3) is 0 Å². The maximum Gasteiger partial charge on any atom is 0.172 e. The summed E-state index contributed by atoms with van der Waals surface area (Å²) in [5, 5.41) is 2.74. The number of benzene rings is 1. The molecule has 0 aliphatic carbocycles. The van der Waals surface area contributed by atoms with Gasteiger partial charge in [-0.25, -0.2) is 0 Å². The first kappa shape index (κ1) is 15.2. The van der Waals surface area contributed by atoms with Crippen molar-refractivity contribution in [3.05, 3.63) is 57.2 Å². The van der Waals surface area contributed by atoms with E-state index in [9.17, 15) is 4.79 Å². The smallest absolute Gasteiger partial charge is 0.172 e. The molecule has 2 rings (SSSR count). The highest BCUT2D eigenvalue weighted by atomic mass is 35.5. The van der Waals surface area contributed by atoms with Crippen molar-refractivity contribution in [1.82, 2.24) is 4.90 Å². The zero-order chi connectivity index (χ0) is 14.4. The van der Waals surface area contributed by atoms with Crippen LogP contribution in [0.15, 0.2) is 41.8 Å². The summed E-state index contributed by atoms with van der Waals surface area (Å²) in [5.74, 6) is 0.242. The van der Waals surface area contributed by atoms with Crippen molar-refractivity contribution in [3.8, 4) is 0 Å². The van der Waals surface area contributed by atoms with Crippen LogP contribution in [0.1, 0.15) is 28.1 Å². The molecule has 0 atom stereocenters. The first-order valence-electron chi connectivity index (χ1n) is 6.65. The van der Waals surface area contributed by atoms with E-state index in [4.69, 9.17) is 11.6 Å². The van der Waals surface area contributed by atoms with Gasteiger partial charge in [0.05, 0.1) is 4.88 Å². The van der Waals surface area contributed by atoms with Gasteiger partial charge in [0, 0.05) is 18.0 Å². The molecular weight excluding hydrogens is 290 g/mol. The second-order valence-electron chi connectivity index (χ2n) is 4.83. The third kappa shape index (κ3) is 4.44. The largest absolute Gasteiger partial charge is 0.302 e. The zero-order valence-electron chi connectivity index (χ0n) is 11.5. The maximum absolute atomic E-state index is 11.9. The number of ketones is 1. The Balaban J connectivity index is 1.74. The van der Waals surface area contributed by atoms with Gasteiger partial charge >= 0.3 is 0 Å². The Morgan fingerprint density at radius 3 is 2.75 bits per heavy atom. The fourth-order valence-corrected chi connectivity index (χ4v) is 2.96. The number of rotatable bonds is 7. The van der Waals surface area contributed by atoms with Gasteiger partial charge in [-0.2, -0.15) is 0 Å². The number of Topliss-reactive ketones (excluding diaryl/α,β-unsaturated/α-hetero) is 1. The van der Waals surface area contributed by atoms with Crippen molar-refractivity contribution in [1.29, 1.82) is 0 Å². The summed E-state index contributed by atoms with van der Waals surface area (Å²) in [5.41, 5.74) is 1.13. The van der Waals surface area contributed by atoms with Crippen LogP contribution in [0.2, 0.25) is 5.02 Å². The molecule has 0 aliphatic heterocycles. The molecule has 0 bridgehead atoms. The Kier molecular flexibility index (Phi) is 5.77. The second kappa shape index (κ2) is 7.58. The van der Waals surface area contributed by atoms with Gasteiger partial charge in [-0.1, -0.05) is 35.9 Å². The van der Waals surface area contributed by atoms with E-state index in [-0.39, 0.29) is 5.78 Å². The number of carbonyl (C=O) groups is 1. The lowest BCUT2D eigenvalue weighted by molar-refractivity contribution is 0.0980. The molecule has 20 heavy (non-hydrogen) atoms. The second-order valence-corrected chi connectivity index (χ2v) is 6.19. The molecule has 0 radical (unpaired) electrons. The first-order valence-corrected chi connectivity index (χ1v) is 7.91. The van der Waals surface area contributed by atoms with E-state index < -0.39 is 0 Å². The normalized spacial score (nSPS) is 10.9. The van der Waals surface area contributed by atoms with E-state index in [1.165, 1.54) is 11.3 Å². The van der Waals surface area contributed by atoms with Crippen LogP contribution in [-0.2, 0) is 6.54 Å². The molecule has 0 N–H and O–H groups in total. The van der Waals surface area contributed by atoms with Crippen LogP contribution < -0.4 is 0 Å². The standard InChI is InChI=1S/C16H18ClNOS/c1-18(12-13-6-2-3-7-14(13)17)10-4-8-15(19)16-9-5-11-20-16/h2-3,5-7,9,11H,4,8,10,12H2,1H3. The molecule has 1 heterocycles. The predicted octanol–water partition coefficient (Wildman–Crippen LogP) is 4.50. The van der Waals surface area contributed by atoms with Gasteiger partial charge in [-0.15, -0.1) is 11.3 Å². The highest BCUT2D eigenvalue weighted by Crippen LogP contribution is 2.17. The fraction of sp³-hybridized carbons (Fsp3) is 0.312. The third-order valence-corrected chi connectivity index (χ3v) is 4.42. The molecule has 0 unspecified atom stereocenters. The highest BCUT2D eigenvalue weighted by Gasteiger charge is 2.08. The van der Waals surface area contributed by atoms with E-state index in [1.807, 2.05) is 41.8 Å².